The first kappa shape index (κ1) is 16.5. The molecule has 1 aromatic heterocycles. The van der Waals surface area contributed by atoms with Gasteiger partial charge in [-0.2, -0.15) is 0 Å². The first-order chi connectivity index (χ1) is 12.2. The third kappa shape index (κ3) is 3.77. The summed E-state index contributed by atoms with van der Waals surface area (Å²) in [5.41, 5.74) is 1.10. The zero-order valence-electron chi connectivity index (χ0n) is 13.8. The minimum Gasteiger partial charge on any atom is -0.497 e. The standard InChI is InChI=1S/C18H16N2O5/c1-22-13-8-9-14(18(21)23-2)15(10-13)24-11-16-19-20-17(25-16)12-6-4-3-5-7-12/h3-10H,11H2,1-2H3. The number of rotatable bonds is 6. The highest BCUT2D eigenvalue weighted by molar-refractivity contribution is 5.92. The molecule has 0 unspecified atom stereocenters. The van der Waals surface area contributed by atoms with E-state index in [4.69, 9.17) is 18.6 Å². The van der Waals surface area contributed by atoms with Crippen molar-refractivity contribution in [1.82, 2.24) is 10.2 Å². The normalized spacial score (nSPS) is 10.3. The quantitative estimate of drug-likeness (QED) is 0.637. The van der Waals surface area contributed by atoms with Gasteiger partial charge in [0.2, 0.25) is 5.89 Å². The van der Waals surface area contributed by atoms with Crippen LogP contribution in [0.1, 0.15) is 16.2 Å². The van der Waals surface area contributed by atoms with E-state index >= 15 is 0 Å². The first-order valence-electron chi connectivity index (χ1n) is 7.48. The molecule has 0 aliphatic heterocycles. The lowest BCUT2D eigenvalue weighted by molar-refractivity contribution is 0.0595. The molecule has 7 heteroatoms. The average Bonchev–Trinajstić information content (AvgIpc) is 3.15. The van der Waals surface area contributed by atoms with Gasteiger partial charge in [0.05, 0.1) is 14.2 Å². The zero-order chi connectivity index (χ0) is 17.6. The van der Waals surface area contributed by atoms with Crippen LogP contribution in [0.15, 0.2) is 52.9 Å². The third-order valence-corrected chi connectivity index (χ3v) is 3.43. The molecule has 0 bridgehead atoms. The first-order valence-corrected chi connectivity index (χ1v) is 7.48. The lowest BCUT2D eigenvalue weighted by Gasteiger charge is -2.10. The van der Waals surface area contributed by atoms with Crippen molar-refractivity contribution in [1.29, 1.82) is 0 Å². The van der Waals surface area contributed by atoms with Gasteiger partial charge in [-0.1, -0.05) is 18.2 Å². The van der Waals surface area contributed by atoms with Crippen molar-refractivity contribution < 1.29 is 23.4 Å². The molecule has 2 aromatic carbocycles. The van der Waals surface area contributed by atoms with Crippen molar-refractivity contribution in [3.63, 3.8) is 0 Å². The van der Waals surface area contributed by atoms with Crippen molar-refractivity contribution >= 4 is 5.97 Å². The van der Waals surface area contributed by atoms with Crippen LogP contribution < -0.4 is 9.47 Å². The number of esters is 1. The lowest BCUT2D eigenvalue weighted by atomic mass is 10.2. The minimum atomic E-state index is -0.506. The van der Waals surface area contributed by atoms with Crippen LogP contribution in [0.3, 0.4) is 0 Å². The van der Waals surface area contributed by atoms with Crippen LogP contribution in [0, 0.1) is 0 Å². The summed E-state index contributed by atoms with van der Waals surface area (Å²) in [6.07, 6.45) is 0. The van der Waals surface area contributed by atoms with Crippen LogP contribution in [-0.4, -0.2) is 30.4 Å². The number of hydrogen-bond donors (Lipinski definition) is 0. The molecule has 0 saturated heterocycles. The second kappa shape index (κ2) is 7.48. The molecule has 0 N–H and O–H groups in total. The Balaban J connectivity index is 1.77. The summed E-state index contributed by atoms with van der Waals surface area (Å²) >= 11 is 0. The molecule has 1 heterocycles. The summed E-state index contributed by atoms with van der Waals surface area (Å²) in [6.45, 7) is 0.0109. The van der Waals surface area contributed by atoms with Crippen LogP contribution in [-0.2, 0) is 11.3 Å². The van der Waals surface area contributed by atoms with Crippen LogP contribution >= 0.6 is 0 Å². The smallest absolute Gasteiger partial charge is 0.341 e. The van der Waals surface area contributed by atoms with Crippen molar-refractivity contribution in [3.8, 4) is 23.0 Å². The monoisotopic (exact) mass is 340 g/mol. The summed E-state index contributed by atoms with van der Waals surface area (Å²) in [5.74, 6) is 1.05. The molecule has 128 valence electrons. The highest BCUT2D eigenvalue weighted by Crippen LogP contribution is 2.26. The molecule has 25 heavy (non-hydrogen) atoms. The van der Waals surface area contributed by atoms with E-state index in [1.54, 1.807) is 18.2 Å². The third-order valence-electron chi connectivity index (χ3n) is 3.43. The number of methoxy groups -OCH3 is 2. The van der Waals surface area contributed by atoms with Gasteiger partial charge in [-0.3, -0.25) is 0 Å². The molecular weight excluding hydrogens is 324 g/mol. The van der Waals surface area contributed by atoms with Gasteiger partial charge in [-0.25, -0.2) is 4.79 Å². The summed E-state index contributed by atoms with van der Waals surface area (Å²) < 4.78 is 21.1. The molecule has 0 fully saturated rings. The highest BCUT2D eigenvalue weighted by Gasteiger charge is 2.16. The number of carbonyl (C=O) groups is 1. The number of benzene rings is 2. The molecule has 0 atom stereocenters. The summed E-state index contributed by atoms with van der Waals surface area (Å²) in [6, 6.07) is 14.2. The number of carbonyl (C=O) groups excluding carboxylic acids is 1. The fourth-order valence-electron chi connectivity index (χ4n) is 2.18. The minimum absolute atomic E-state index is 0.0109. The van der Waals surface area contributed by atoms with E-state index < -0.39 is 5.97 Å². The molecule has 0 amide bonds. The maximum atomic E-state index is 11.8. The number of ether oxygens (including phenoxy) is 3. The summed E-state index contributed by atoms with van der Waals surface area (Å²) in [5, 5.41) is 7.95. The molecular formula is C18H16N2O5. The zero-order valence-corrected chi connectivity index (χ0v) is 13.8. The van der Waals surface area contributed by atoms with E-state index in [1.165, 1.54) is 14.2 Å². The maximum Gasteiger partial charge on any atom is 0.341 e. The van der Waals surface area contributed by atoms with Gasteiger partial charge >= 0.3 is 5.97 Å². The molecule has 7 nitrogen and oxygen atoms in total. The van der Waals surface area contributed by atoms with Crippen LogP contribution in [0.25, 0.3) is 11.5 Å². The van der Waals surface area contributed by atoms with Crippen LogP contribution in [0.2, 0.25) is 0 Å². The van der Waals surface area contributed by atoms with Crippen molar-refractivity contribution in [2.75, 3.05) is 14.2 Å². The number of hydrogen-bond acceptors (Lipinski definition) is 7. The molecule has 0 aliphatic carbocycles. The summed E-state index contributed by atoms with van der Waals surface area (Å²) in [4.78, 5) is 11.8. The fourth-order valence-corrected chi connectivity index (χ4v) is 2.18. The predicted molar refractivity (Wildman–Crippen MR) is 88.4 cm³/mol. The van der Waals surface area contributed by atoms with E-state index in [9.17, 15) is 4.79 Å². The fraction of sp³-hybridized carbons (Fsp3) is 0.167. The Morgan fingerprint density at radius 1 is 1.08 bits per heavy atom. The molecule has 0 aliphatic rings. The molecule has 0 radical (unpaired) electrons. The SMILES string of the molecule is COC(=O)c1ccc(OC)cc1OCc1nnc(-c2ccccc2)o1. The van der Waals surface area contributed by atoms with E-state index in [2.05, 4.69) is 10.2 Å². The Labute approximate surface area is 144 Å². The molecule has 3 aromatic rings. The second-order valence-electron chi connectivity index (χ2n) is 5.01. The number of nitrogens with zero attached hydrogens (tertiary/aromatic N) is 2. The van der Waals surface area contributed by atoms with Gasteiger partial charge in [0.25, 0.3) is 5.89 Å². The molecule has 3 rings (SSSR count). The Bertz CT molecular complexity index is 861. The van der Waals surface area contributed by atoms with Crippen molar-refractivity contribution in [3.05, 3.63) is 60.0 Å². The van der Waals surface area contributed by atoms with Gasteiger partial charge in [0, 0.05) is 11.6 Å². The highest BCUT2D eigenvalue weighted by atomic mass is 16.5. The summed E-state index contributed by atoms with van der Waals surface area (Å²) in [7, 11) is 2.83. The Hall–Kier alpha value is -3.35. The second-order valence-corrected chi connectivity index (χ2v) is 5.01. The van der Waals surface area contributed by atoms with E-state index in [0.717, 1.165) is 5.56 Å². The molecule has 0 saturated carbocycles. The lowest BCUT2D eigenvalue weighted by Crippen LogP contribution is -2.06. The van der Waals surface area contributed by atoms with E-state index in [0.29, 0.717) is 17.4 Å². The number of aromatic nitrogens is 2. The van der Waals surface area contributed by atoms with Gasteiger partial charge < -0.3 is 18.6 Å². The Kier molecular flexibility index (Phi) is 4.94. The largest absolute Gasteiger partial charge is 0.497 e. The van der Waals surface area contributed by atoms with E-state index in [-0.39, 0.29) is 18.1 Å². The average molecular weight is 340 g/mol. The predicted octanol–water partition coefficient (Wildman–Crippen LogP) is 3.11. The van der Waals surface area contributed by atoms with Crippen LogP contribution in [0.5, 0.6) is 11.5 Å². The van der Waals surface area contributed by atoms with Crippen molar-refractivity contribution in [2.45, 2.75) is 6.61 Å². The Morgan fingerprint density at radius 3 is 2.60 bits per heavy atom. The van der Waals surface area contributed by atoms with Crippen molar-refractivity contribution in [2.24, 2.45) is 0 Å². The van der Waals surface area contributed by atoms with E-state index in [1.807, 2.05) is 30.3 Å². The topological polar surface area (TPSA) is 83.7 Å². The van der Waals surface area contributed by atoms with Gasteiger partial charge in [0.15, 0.2) is 6.61 Å². The van der Waals surface area contributed by atoms with Crippen LogP contribution in [0.4, 0.5) is 0 Å². The molecule has 0 spiro atoms. The van der Waals surface area contributed by atoms with Gasteiger partial charge in [-0.15, -0.1) is 10.2 Å². The van der Waals surface area contributed by atoms with Gasteiger partial charge in [-0.05, 0) is 24.3 Å². The maximum absolute atomic E-state index is 11.8. The van der Waals surface area contributed by atoms with Gasteiger partial charge in [0.1, 0.15) is 17.1 Å². The Morgan fingerprint density at radius 2 is 1.88 bits per heavy atom.